The third kappa shape index (κ3) is 0.632. The van der Waals surface area contributed by atoms with Crippen LogP contribution in [-0.2, 0) is 7.05 Å². The lowest BCUT2D eigenvalue weighted by atomic mass is 10.5. The molecule has 0 aromatic carbocycles. The van der Waals surface area contributed by atoms with Gasteiger partial charge in [-0.25, -0.2) is 4.68 Å². The van der Waals surface area contributed by atoms with Crippen LogP contribution in [-0.4, -0.2) is 28.1 Å². The number of anilines is 1. The smallest absolute Gasteiger partial charge is 0.257 e. The van der Waals surface area contributed by atoms with E-state index in [0.717, 1.165) is 18.2 Å². The van der Waals surface area contributed by atoms with Crippen molar-refractivity contribution < 1.29 is 4.74 Å². The second-order valence-corrected chi connectivity index (χ2v) is 2.14. The van der Waals surface area contributed by atoms with Gasteiger partial charge in [0.1, 0.15) is 6.61 Å². The Morgan fingerprint density at radius 2 is 2.60 bits per heavy atom. The first kappa shape index (κ1) is 5.52. The van der Waals surface area contributed by atoms with E-state index in [9.17, 15) is 0 Å². The Morgan fingerprint density at radius 1 is 1.70 bits per heavy atom. The third-order valence-electron chi connectivity index (χ3n) is 1.41. The molecule has 2 rings (SSSR count). The first-order valence-electron chi connectivity index (χ1n) is 3.14. The highest BCUT2D eigenvalue weighted by molar-refractivity contribution is 5.45. The molecule has 1 aromatic heterocycles. The van der Waals surface area contributed by atoms with Crippen LogP contribution in [0.3, 0.4) is 0 Å². The van der Waals surface area contributed by atoms with Gasteiger partial charge >= 0.3 is 0 Å². The largest absolute Gasteiger partial charge is 0.473 e. The monoisotopic (exact) mass is 140 g/mol. The molecule has 54 valence electrons. The van der Waals surface area contributed by atoms with Gasteiger partial charge in [-0.05, 0) is 0 Å². The van der Waals surface area contributed by atoms with Crippen LogP contribution in [0, 0.1) is 0 Å². The molecule has 0 saturated heterocycles. The van der Waals surface area contributed by atoms with Crippen molar-refractivity contribution in [2.24, 2.45) is 7.05 Å². The predicted molar refractivity (Wildman–Crippen MR) is 35.0 cm³/mol. The molecule has 1 N–H and O–H groups in total. The fourth-order valence-corrected chi connectivity index (χ4v) is 0.938. The summed E-state index contributed by atoms with van der Waals surface area (Å²) in [7, 11) is 1.80. The van der Waals surface area contributed by atoms with Crippen LogP contribution in [0.1, 0.15) is 0 Å². The average Bonchev–Trinajstić information content (AvgIpc) is 2.34. The predicted octanol–water partition coefficient (Wildman–Crippen LogP) is -0.381. The van der Waals surface area contributed by atoms with E-state index in [1.54, 1.807) is 11.7 Å². The Labute approximate surface area is 58.0 Å². The lowest BCUT2D eigenvalue weighted by Gasteiger charge is -2.13. The number of aromatic nitrogens is 3. The van der Waals surface area contributed by atoms with Crippen molar-refractivity contribution in [3.63, 3.8) is 0 Å². The summed E-state index contributed by atoms with van der Waals surface area (Å²) >= 11 is 0. The van der Waals surface area contributed by atoms with Gasteiger partial charge in [0, 0.05) is 7.05 Å². The lowest BCUT2D eigenvalue weighted by Crippen LogP contribution is -2.18. The molecule has 1 aliphatic rings. The molecule has 5 heteroatoms. The van der Waals surface area contributed by atoms with Crippen molar-refractivity contribution in [3.8, 4) is 5.88 Å². The maximum Gasteiger partial charge on any atom is 0.257 e. The van der Waals surface area contributed by atoms with E-state index in [1.807, 2.05) is 0 Å². The Hall–Kier alpha value is -1.26. The molecule has 5 nitrogen and oxygen atoms in total. The summed E-state index contributed by atoms with van der Waals surface area (Å²) in [6.07, 6.45) is 0. The fourth-order valence-electron chi connectivity index (χ4n) is 0.938. The van der Waals surface area contributed by atoms with E-state index in [-0.39, 0.29) is 0 Å². The average molecular weight is 140 g/mol. The van der Waals surface area contributed by atoms with Crippen LogP contribution in [0.25, 0.3) is 0 Å². The number of rotatable bonds is 0. The highest BCUT2D eigenvalue weighted by Crippen LogP contribution is 2.21. The molecule has 0 radical (unpaired) electrons. The summed E-state index contributed by atoms with van der Waals surface area (Å²) in [5.41, 5.74) is 0. The summed E-state index contributed by atoms with van der Waals surface area (Å²) in [5.74, 6) is 1.47. The number of aryl methyl sites for hydroxylation is 1. The molecular formula is C5H8N4O. The Balaban J connectivity index is 2.45. The van der Waals surface area contributed by atoms with Gasteiger partial charge in [-0.1, -0.05) is 5.21 Å². The number of nitrogens with one attached hydrogen (secondary N) is 1. The Kier molecular flexibility index (Phi) is 1.03. The SMILES string of the molecule is Cn1nnc2c1OCCN2. The number of fused-ring (bicyclic) bond motifs is 1. The van der Waals surface area contributed by atoms with E-state index >= 15 is 0 Å². The van der Waals surface area contributed by atoms with Crippen LogP contribution >= 0.6 is 0 Å². The maximum absolute atomic E-state index is 5.27. The number of hydrogen-bond donors (Lipinski definition) is 1. The maximum atomic E-state index is 5.27. The van der Waals surface area contributed by atoms with E-state index in [0.29, 0.717) is 6.61 Å². The van der Waals surface area contributed by atoms with E-state index in [4.69, 9.17) is 4.74 Å². The van der Waals surface area contributed by atoms with Gasteiger partial charge in [-0.3, -0.25) is 0 Å². The van der Waals surface area contributed by atoms with Crippen molar-refractivity contribution in [1.29, 1.82) is 0 Å². The van der Waals surface area contributed by atoms with Crippen LogP contribution < -0.4 is 10.1 Å². The summed E-state index contributed by atoms with van der Waals surface area (Å²) in [5, 5.41) is 10.7. The highest BCUT2D eigenvalue weighted by Gasteiger charge is 2.14. The summed E-state index contributed by atoms with van der Waals surface area (Å²) in [4.78, 5) is 0. The second kappa shape index (κ2) is 1.86. The van der Waals surface area contributed by atoms with Crippen LogP contribution in [0.5, 0.6) is 5.88 Å². The van der Waals surface area contributed by atoms with Gasteiger partial charge in [-0.2, -0.15) is 0 Å². The lowest BCUT2D eigenvalue weighted by molar-refractivity contribution is 0.295. The quantitative estimate of drug-likeness (QED) is 0.533. The topological polar surface area (TPSA) is 52.0 Å². The number of nitrogens with zero attached hydrogens (tertiary/aromatic N) is 3. The molecular weight excluding hydrogens is 132 g/mol. The molecule has 10 heavy (non-hydrogen) atoms. The van der Waals surface area contributed by atoms with Gasteiger partial charge < -0.3 is 10.1 Å². The molecule has 0 fully saturated rings. The van der Waals surface area contributed by atoms with E-state index < -0.39 is 0 Å². The Morgan fingerprint density at radius 3 is 3.40 bits per heavy atom. The highest BCUT2D eigenvalue weighted by atomic mass is 16.5. The molecule has 1 aromatic rings. The van der Waals surface area contributed by atoms with Gasteiger partial charge in [0.15, 0.2) is 0 Å². The zero-order chi connectivity index (χ0) is 6.97. The summed E-state index contributed by atoms with van der Waals surface area (Å²) < 4.78 is 6.88. The standard InChI is InChI=1S/C5H8N4O/c1-9-5-4(7-8-9)6-2-3-10-5/h6H,2-3H2,1H3. The first-order valence-corrected chi connectivity index (χ1v) is 3.14. The molecule has 0 bridgehead atoms. The van der Waals surface area contributed by atoms with Crippen LogP contribution in [0.4, 0.5) is 5.82 Å². The number of ether oxygens (including phenoxy) is 1. The summed E-state index contributed by atoms with van der Waals surface area (Å²) in [6.45, 7) is 1.50. The molecule has 2 heterocycles. The zero-order valence-electron chi connectivity index (χ0n) is 5.66. The van der Waals surface area contributed by atoms with Crippen molar-refractivity contribution in [3.05, 3.63) is 0 Å². The Bertz CT molecular complexity index is 244. The molecule has 0 atom stereocenters. The zero-order valence-corrected chi connectivity index (χ0v) is 5.66. The van der Waals surface area contributed by atoms with Gasteiger partial charge in [0.05, 0.1) is 6.54 Å². The van der Waals surface area contributed by atoms with Crippen molar-refractivity contribution in [1.82, 2.24) is 15.0 Å². The fraction of sp³-hybridized carbons (Fsp3) is 0.600. The van der Waals surface area contributed by atoms with Crippen LogP contribution in [0.15, 0.2) is 0 Å². The minimum atomic E-state index is 0.689. The summed E-state index contributed by atoms with van der Waals surface area (Å²) in [6, 6.07) is 0. The molecule has 0 aliphatic carbocycles. The molecule has 0 saturated carbocycles. The first-order chi connectivity index (χ1) is 4.88. The molecule has 0 spiro atoms. The van der Waals surface area contributed by atoms with Gasteiger partial charge in [-0.15, -0.1) is 5.10 Å². The minimum Gasteiger partial charge on any atom is -0.473 e. The van der Waals surface area contributed by atoms with Gasteiger partial charge in [0.25, 0.3) is 5.88 Å². The van der Waals surface area contributed by atoms with Gasteiger partial charge in [0.2, 0.25) is 5.82 Å². The van der Waals surface area contributed by atoms with E-state index in [1.165, 1.54) is 0 Å². The third-order valence-corrected chi connectivity index (χ3v) is 1.41. The number of hydrogen-bond acceptors (Lipinski definition) is 4. The van der Waals surface area contributed by atoms with Crippen molar-refractivity contribution >= 4 is 5.82 Å². The molecule has 1 aliphatic heterocycles. The second-order valence-electron chi connectivity index (χ2n) is 2.14. The van der Waals surface area contributed by atoms with Crippen LogP contribution in [0.2, 0.25) is 0 Å². The van der Waals surface area contributed by atoms with E-state index in [2.05, 4.69) is 15.6 Å². The normalized spacial score (nSPS) is 15.3. The van der Waals surface area contributed by atoms with Crippen molar-refractivity contribution in [2.75, 3.05) is 18.5 Å². The molecule has 0 amide bonds. The molecule has 0 unspecified atom stereocenters. The van der Waals surface area contributed by atoms with Crippen molar-refractivity contribution in [2.45, 2.75) is 0 Å². The minimum absolute atomic E-state index is 0.689.